The zero-order chi connectivity index (χ0) is 28.1. The Kier molecular flexibility index (Phi) is 5.75. The summed E-state index contributed by atoms with van der Waals surface area (Å²) in [5.74, 6) is -0.143. The van der Waals surface area contributed by atoms with Crippen LogP contribution in [0.1, 0.15) is 44.8 Å². The van der Waals surface area contributed by atoms with Crippen LogP contribution in [-0.4, -0.2) is 22.2 Å². The molecule has 200 valence electrons. The fraction of sp³-hybridized carbons (Fsp3) is 0.118. The van der Waals surface area contributed by atoms with Crippen molar-refractivity contribution in [3.8, 4) is 22.5 Å². The number of pyridine rings is 2. The molecule has 0 bridgehead atoms. The van der Waals surface area contributed by atoms with Crippen molar-refractivity contribution < 1.29 is 18.4 Å². The molecule has 7 heteroatoms. The summed E-state index contributed by atoms with van der Waals surface area (Å²) in [5, 5.41) is 4.88. The van der Waals surface area contributed by atoms with Gasteiger partial charge >= 0.3 is 0 Å². The van der Waals surface area contributed by atoms with Gasteiger partial charge in [-0.15, -0.1) is 0 Å². The van der Waals surface area contributed by atoms with Crippen LogP contribution in [0.25, 0.3) is 44.3 Å². The number of hydrogen-bond acceptors (Lipinski definition) is 5. The van der Waals surface area contributed by atoms with Crippen LogP contribution >= 0.6 is 0 Å². The van der Waals surface area contributed by atoms with Crippen LogP contribution in [0.2, 0.25) is 0 Å². The molecule has 0 radical (unpaired) electrons. The molecule has 0 spiro atoms. The van der Waals surface area contributed by atoms with Crippen molar-refractivity contribution in [2.24, 2.45) is 0 Å². The SMILES string of the molecule is Cc1ccc(C(=O)NC2(c3ccc4ccncc4n3)CC2)cc1-c1ccc2oc(-c3ccc(F)cc3)c(C=O)c2c1. The first-order valence-electron chi connectivity index (χ1n) is 13.4. The first-order chi connectivity index (χ1) is 19.9. The molecule has 1 saturated carbocycles. The standard InChI is InChI=1S/C34H24FN3O3/c1-20-2-3-24(33(40)38-34(13-14-34)31-11-7-21-12-15-36-18-29(21)37-31)17-26(20)23-6-10-30-27(16-23)28(19-39)32(41-30)22-4-8-25(35)9-5-22/h2-12,15-19H,13-14H2,1H3,(H,38,40). The van der Waals surface area contributed by atoms with E-state index in [-0.39, 0.29) is 11.7 Å². The normalized spacial score (nSPS) is 13.8. The van der Waals surface area contributed by atoms with Crippen molar-refractivity contribution in [1.29, 1.82) is 0 Å². The van der Waals surface area contributed by atoms with E-state index in [1.807, 2.05) is 61.5 Å². The summed E-state index contributed by atoms with van der Waals surface area (Å²) in [7, 11) is 0. The predicted molar refractivity (Wildman–Crippen MR) is 155 cm³/mol. The summed E-state index contributed by atoms with van der Waals surface area (Å²) in [6, 6.07) is 23.0. The number of furan rings is 1. The van der Waals surface area contributed by atoms with Crippen LogP contribution in [0.3, 0.4) is 0 Å². The van der Waals surface area contributed by atoms with Crippen molar-refractivity contribution in [2.45, 2.75) is 25.3 Å². The van der Waals surface area contributed by atoms with Crippen LogP contribution in [0.15, 0.2) is 95.7 Å². The fourth-order valence-corrected chi connectivity index (χ4v) is 5.38. The molecule has 0 unspecified atom stereocenters. The lowest BCUT2D eigenvalue weighted by Crippen LogP contribution is -2.35. The molecule has 3 heterocycles. The van der Waals surface area contributed by atoms with E-state index in [1.54, 1.807) is 24.5 Å². The van der Waals surface area contributed by atoms with Crippen LogP contribution < -0.4 is 5.32 Å². The van der Waals surface area contributed by atoms with E-state index in [0.29, 0.717) is 33.4 Å². The van der Waals surface area contributed by atoms with Crippen LogP contribution in [0, 0.1) is 12.7 Å². The number of aryl methyl sites for hydroxylation is 1. The third-order valence-corrected chi connectivity index (χ3v) is 7.85. The number of nitrogens with zero attached hydrogens (tertiary/aromatic N) is 2. The minimum Gasteiger partial charge on any atom is -0.455 e. The van der Waals surface area contributed by atoms with E-state index in [9.17, 15) is 14.0 Å². The molecule has 1 fully saturated rings. The highest BCUT2D eigenvalue weighted by Crippen LogP contribution is 2.45. The van der Waals surface area contributed by atoms with Gasteiger partial charge < -0.3 is 9.73 Å². The lowest BCUT2D eigenvalue weighted by Gasteiger charge is -2.18. The molecule has 3 aromatic heterocycles. The van der Waals surface area contributed by atoms with E-state index >= 15 is 0 Å². The Hall–Kier alpha value is -5.17. The highest BCUT2D eigenvalue weighted by molar-refractivity contribution is 6.04. The number of carbonyl (C=O) groups is 2. The Bertz CT molecular complexity index is 1990. The van der Waals surface area contributed by atoms with E-state index in [2.05, 4.69) is 10.3 Å². The molecule has 1 amide bonds. The van der Waals surface area contributed by atoms with Gasteiger partial charge in [0.1, 0.15) is 17.2 Å². The molecule has 0 atom stereocenters. The predicted octanol–water partition coefficient (Wildman–Crippen LogP) is 7.39. The van der Waals surface area contributed by atoms with Crippen molar-refractivity contribution in [2.75, 3.05) is 0 Å². The Morgan fingerprint density at radius 1 is 0.976 bits per heavy atom. The molecule has 3 aromatic carbocycles. The number of halogens is 1. The molecule has 0 aliphatic heterocycles. The third kappa shape index (κ3) is 4.36. The summed E-state index contributed by atoms with van der Waals surface area (Å²) in [6.07, 6.45) is 5.87. The second-order valence-electron chi connectivity index (χ2n) is 10.5. The summed E-state index contributed by atoms with van der Waals surface area (Å²) >= 11 is 0. The van der Waals surface area contributed by atoms with E-state index in [0.717, 1.165) is 52.4 Å². The van der Waals surface area contributed by atoms with Gasteiger partial charge in [0.05, 0.1) is 28.5 Å². The lowest BCUT2D eigenvalue weighted by atomic mass is 9.95. The van der Waals surface area contributed by atoms with Gasteiger partial charge in [0, 0.05) is 28.1 Å². The van der Waals surface area contributed by atoms with Gasteiger partial charge in [0.25, 0.3) is 5.91 Å². The molecular formula is C34H24FN3O3. The molecule has 41 heavy (non-hydrogen) atoms. The second kappa shape index (κ2) is 9.48. The molecule has 6 nitrogen and oxygen atoms in total. The van der Waals surface area contributed by atoms with Crippen molar-refractivity contribution >= 4 is 34.1 Å². The highest BCUT2D eigenvalue weighted by Gasteiger charge is 2.47. The minimum absolute atomic E-state index is 0.173. The number of aromatic nitrogens is 2. The monoisotopic (exact) mass is 541 g/mol. The molecule has 1 aliphatic rings. The number of benzene rings is 3. The smallest absolute Gasteiger partial charge is 0.252 e. The number of rotatable bonds is 6. The zero-order valence-electron chi connectivity index (χ0n) is 22.1. The number of amides is 1. The van der Waals surface area contributed by atoms with Gasteiger partial charge in [-0.05, 0) is 97.1 Å². The minimum atomic E-state index is -0.489. The van der Waals surface area contributed by atoms with Crippen LogP contribution in [-0.2, 0) is 5.54 Å². The Morgan fingerprint density at radius 3 is 2.56 bits per heavy atom. The summed E-state index contributed by atoms with van der Waals surface area (Å²) in [6.45, 7) is 1.98. The summed E-state index contributed by atoms with van der Waals surface area (Å²) in [4.78, 5) is 34.6. The number of aldehydes is 1. The molecular weight excluding hydrogens is 517 g/mol. The van der Waals surface area contributed by atoms with Gasteiger partial charge in [0.15, 0.2) is 6.29 Å². The van der Waals surface area contributed by atoms with Gasteiger partial charge in [-0.2, -0.15) is 0 Å². The van der Waals surface area contributed by atoms with Crippen molar-refractivity contribution in [1.82, 2.24) is 15.3 Å². The fourth-order valence-electron chi connectivity index (χ4n) is 5.38. The highest BCUT2D eigenvalue weighted by atomic mass is 19.1. The zero-order valence-corrected chi connectivity index (χ0v) is 22.1. The van der Waals surface area contributed by atoms with Crippen LogP contribution in [0.4, 0.5) is 4.39 Å². The van der Waals surface area contributed by atoms with Crippen molar-refractivity contribution in [3.05, 3.63) is 119 Å². The van der Waals surface area contributed by atoms with Crippen molar-refractivity contribution in [3.63, 3.8) is 0 Å². The number of fused-ring (bicyclic) bond motifs is 2. The average Bonchev–Trinajstić information content (AvgIpc) is 3.69. The topological polar surface area (TPSA) is 85.1 Å². The van der Waals surface area contributed by atoms with Gasteiger partial charge in [-0.3, -0.25) is 14.6 Å². The quantitative estimate of drug-likeness (QED) is 0.222. The first kappa shape index (κ1) is 24.8. The second-order valence-corrected chi connectivity index (χ2v) is 10.5. The van der Waals surface area contributed by atoms with E-state index in [4.69, 9.17) is 9.40 Å². The average molecular weight is 542 g/mol. The Morgan fingerprint density at radius 2 is 1.78 bits per heavy atom. The molecule has 7 rings (SSSR count). The molecule has 6 aromatic rings. The maximum Gasteiger partial charge on any atom is 0.252 e. The summed E-state index contributed by atoms with van der Waals surface area (Å²) < 4.78 is 19.5. The third-order valence-electron chi connectivity index (χ3n) is 7.85. The molecule has 1 aliphatic carbocycles. The maximum atomic E-state index is 13.5. The molecule has 0 saturated heterocycles. The van der Waals surface area contributed by atoms with Crippen LogP contribution in [0.5, 0.6) is 0 Å². The largest absolute Gasteiger partial charge is 0.455 e. The summed E-state index contributed by atoms with van der Waals surface area (Å²) in [5.41, 5.74) is 5.96. The van der Waals surface area contributed by atoms with Gasteiger partial charge in [-0.1, -0.05) is 18.2 Å². The Balaban J connectivity index is 1.21. The number of carbonyl (C=O) groups excluding carboxylic acids is 2. The molecule has 1 N–H and O–H groups in total. The van der Waals surface area contributed by atoms with E-state index < -0.39 is 5.54 Å². The number of nitrogens with one attached hydrogen (secondary N) is 1. The number of hydrogen-bond donors (Lipinski definition) is 1. The Labute approximate surface area is 234 Å². The maximum absolute atomic E-state index is 13.5. The van der Waals surface area contributed by atoms with E-state index in [1.165, 1.54) is 12.1 Å². The first-order valence-corrected chi connectivity index (χ1v) is 13.4. The lowest BCUT2D eigenvalue weighted by molar-refractivity contribution is 0.0929. The van der Waals surface area contributed by atoms with Gasteiger partial charge in [0.2, 0.25) is 0 Å². The van der Waals surface area contributed by atoms with Gasteiger partial charge in [-0.25, -0.2) is 9.37 Å².